The number of thiazole rings is 1. The van der Waals surface area contributed by atoms with Gasteiger partial charge in [0.1, 0.15) is 4.70 Å². The minimum atomic E-state index is -0.138. The molecule has 0 aromatic carbocycles. The Morgan fingerprint density at radius 2 is 1.73 bits per heavy atom. The summed E-state index contributed by atoms with van der Waals surface area (Å²) in [4.78, 5) is 43.2. The lowest BCUT2D eigenvalue weighted by molar-refractivity contribution is -0.138. The number of piperidine rings is 1. The number of piperazine rings is 1. The molecular weight excluding hydrogens is 400 g/mol. The average Bonchev–Trinajstić information content (AvgIpc) is 3.25. The molecule has 3 aliphatic rings. The fourth-order valence-electron chi connectivity index (χ4n) is 5.22. The molecule has 4 heterocycles. The van der Waals surface area contributed by atoms with Crippen LogP contribution in [-0.4, -0.2) is 76.0 Å². The Morgan fingerprint density at radius 1 is 1.00 bits per heavy atom. The summed E-state index contributed by atoms with van der Waals surface area (Å²) in [6, 6.07) is 0.745. The van der Waals surface area contributed by atoms with Crippen molar-refractivity contribution in [3.8, 4) is 0 Å². The number of hydrogen-bond donors (Lipinski definition) is 1. The number of aromatic amines is 1. The number of H-pyrrole nitrogens is 1. The predicted molar refractivity (Wildman–Crippen MR) is 118 cm³/mol. The van der Waals surface area contributed by atoms with E-state index in [1.165, 1.54) is 49.8 Å². The zero-order valence-corrected chi connectivity index (χ0v) is 18.2. The topological polar surface area (TPSA) is 85.4 Å². The Bertz CT molecular complexity index is 936. The van der Waals surface area contributed by atoms with E-state index in [1.807, 2.05) is 0 Å². The van der Waals surface area contributed by atoms with Crippen molar-refractivity contribution in [3.05, 3.63) is 16.7 Å². The number of amides is 1. The van der Waals surface area contributed by atoms with Crippen molar-refractivity contribution >= 4 is 32.7 Å². The molecule has 1 aliphatic carbocycles. The van der Waals surface area contributed by atoms with Crippen LogP contribution >= 0.6 is 11.3 Å². The minimum absolute atomic E-state index is 0.110. The molecule has 1 saturated carbocycles. The van der Waals surface area contributed by atoms with Gasteiger partial charge in [-0.2, -0.15) is 4.98 Å². The van der Waals surface area contributed by atoms with E-state index in [9.17, 15) is 9.59 Å². The van der Waals surface area contributed by atoms with E-state index in [0.717, 1.165) is 63.3 Å². The predicted octanol–water partition coefficient (Wildman–Crippen LogP) is 2.07. The molecule has 2 aliphatic heterocycles. The van der Waals surface area contributed by atoms with E-state index in [-0.39, 0.29) is 11.5 Å². The molecule has 162 valence electrons. The van der Waals surface area contributed by atoms with Gasteiger partial charge >= 0.3 is 0 Å². The van der Waals surface area contributed by atoms with E-state index in [0.29, 0.717) is 16.3 Å². The highest BCUT2D eigenvalue weighted by atomic mass is 32.1. The van der Waals surface area contributed by atoms with Crippen LogP contribution < -0.4 is 10.5 Å². The molecule has 2 saturated heterocycles. The summed E-state index contributed by atoms with van der Waals surface area (Å²) in [6.07, 6.45) is 9.87. The maximum absolute atomic E-state index is 13.1. The van der Waals surface area contributed by atoms with Gasteiger partial charge in [0.2, 0.25) is 5.91 Å². The molecule has 2 aromatic heterocycles. The summed E-state index contributed by atoms with van der Waals surface area (Å²) in [5.41, 5.74) is 0.369. The van der Waals surface area contributed by atoms with Gasteiger partial charge in [0, 0.05) is 51.2 Å². The second-order valence-electron chi connectivity index (χ2n) is 8.80. The van der Waals surface area contributed by atoms with E-state index in [1.54, 1.807) is 0 Å². The van der Waals surface area contributed by atoms with Gasteiger partial charge in [-0.1, -0.05) is 30.6 Å². The average molecular weight is 431 g/mol. The molecule has 0 unspecified atom stereocenters. The zero-order chi connectivity index (χ0) is 20.5. The summed E-state index contributed by atoms with van der Waals surface area (Å²) in [5, 5.41) is 0.834. The monoisotopic (exact) mass is 430 g/mol. The van der Waals surface area contributed by atoms with Crippen LogP contribution in [0.5, 0.6) is 0 Å². The first-order valence-corrected chi connectivity index (χ1v) is 12.1. The first-order valence-electron chi connectivity index (χ1n) is 11.3. The van der Waals surface area contributed by atoms with Crippen molar-refractivity contribution in [2.45, 2.75) is 51.0 Å². The Balaban J connectivity index is 1.14. The van der Waals surface area contributed by atoms with Crippen molar-refractivity contribution in [2.24, 2.45) is 5.92 Å². The molecule has 3 fully saturated rings. The van der Waals surface area contributed by atoms with Gasteiger partial charge in [0.15, 0.2) is 10.8 Å². The third-order valence-electron chi connectivity index (χ3n) is 7.02. The van der Waals surface area contributed by atoms with Crippen LogP contribution in [0.25, 0.3) is 10.3 Å². The van der Waals surface area contributed by atoms with E-state index >= 15 is 0 Å². The maximum atomic E-state index is 13.1. The van der Waals surface area contributed by atoms with Gasteiger partial charge in [-0.25, -0.2) is 4.98 Å². The number of anilines is 1. The quantitative estimate of drug-likeness (QED) is 0.802. The molecule has 30 heavy (non-hydrogen) atoms. The molecule has 9 heteroatoms. The highest BCUT2D eigenvalue weighted by molar-refractivity contribution is 7.22. The highest BCUT2D eigenvalue weighted by Crippen LogP contribution is 2.30. The molecule has 0 radical (unpaired) electrons. The molecular formula is C21H30N6O2S. The van der Waals surface area contributed by atoms with Crippen molar-refractivity contribution < 1.29 is 4.79 Å². The molecule has 8 nitrogen and oxygen atoms in total. The smallest absolute Gasteiger partial charge is 0.270 e. The van der Waals surface area contributed by atoms with Crippen LogP contribution in [0, 0.1) is 5.92 Å². The maximum Gasteiger partial charge on any atom is 0.270 e. The summed E-state index contributed by atoms with van der Waals surface area (Å²) in [6.45, 7) is 5.42. The van der Waals surface area contributed by atoms with Crippen molar-refractivity contribution in [2.75, 3.05) is 44.2 Å². The van der Waals surface area contributed by atoms with Crippen LogP contribution in [0.15, 0.2) is 11.1 Å². The fourth-order valence-corrected chi connectivity index (χ4v) is 6.19. The first kappa shape index (κ1) is 19.9. The number of carbonyl (C=O) groups excluding carboxylic acids is 1. The summed E-state index contributed by atoms with van der Waals surface area (Å²) in [5.74, 6) is 0.443. The number of hydrogen-bond acceptors (Lipinski definition) is 7. The molecule has 0 spiro atoms. The number of nitrogens with one attached hydrogen (secondary N) is 1. The lowest BCUT2D eigenvalue weighted by Gasteiger charge is -2.42. The molecule has 0 atom stereocenters. The Labute approximate surface area is 180 Å². The highest BCUT2D eigenvalue weighted by Gasteiger charge is 2.32. The van der Waals surface area contributed by atoms with Crippen LogP contribution in [0.4, 0.5) is 5.13 Å². The number of aromatic nitrogens is 3. The summed E-state index contributed by atoms with van der Waals surface area (Å²) in [7, 11) is 0. The molecule has 0 bridgehead atoms. The third-order valence-corrected chi connectivity index (χ3v) is 8.12. The lowest BCUT2D eigenvalue weighted by atomic mass is 9.93. The van der Waals surface area contributed by atoms with E-state index in [4.69, 9.17) is 0 Å². The number of nitrogens with zero attached hydrogens (tertiary/aromatic N) is 5. The van der Waals surface area contributed by atoms with Gasteiger partial charge in [-0.3, -0.25) is 14.5 Å². The standard InChI is InChI=1S/C21H30N6O2S/c28-19-17-18(22-14-23-19)24-21(30-17)27-8-6-15(7-9-27)20(29)26-12-10-25(11-13-26)16-4-2-1-3-5-16/h14-16H,1-13H2,(H,22,23,28). The van der Waals surface area contributed by atoms with Crippen LogP contribution in [0.3, 0.4) is 0 Å². The molecule has 1 N–H and O–H groups in total. The zero-order valence-electron chi connectivity index (χ0n) is 17.4. The van der Waals surface area contributed by atoms with E-state index < -0.39 is 0 Å². The largest absolute Gasteiger partial charge is 0.348 e. The first-order chi connectivity index (χ1) is 14.7. The van der Waals surface area contributed by atoms with Crippen LogP contribution in [0.1, 0.15) is 44.9 Å². The van der Waals surface area contributed by atoms with Crippen molar-refractivity contribution in [1.29, 1.82) is 0 Å². The summed E-state index contributed by atoms with van der Waals surface area (Å²) >= 11 is 1.39. The van der Waals surface area contributed by atoms with Gasteiger partial charge in [-0.15, -0.1) is 0 Å². The normalized spacial score (nSPS) is 22.7. The van der Waals surface area contributed by atoms with Gasteiger partial charge < -0.3 is 14.8 Å². The number of rotatable bonds is 3. The van der Waals surface area contributed by atoms with Gasteiger partial charge in [0.25, 0.3) is 5.56 Å². The second-order valence-corrected chi connectivity index (χ2v) is 9.77. The third kappa shape index (κ3) is 3.97. The number of carbonyl (C=O) groups is 1. The molecule has 2 aromatic rings. The SMILES string of the molecule is O=C(C1CCN(c2nc3nc[nH]c(=O)c3s2)CC1)N1CCN(C2CCCCC2)CC1. The molecule has 5 rings (SSSR count). The second kappa shape index (κ2) is 8.63. The number of fused-ring (bicyclic) bond motifs is 1. The lowest BCUT2D eigenvalue weighted by Crippen LogP contribution is -2.54. The fraction of sp³-hybridized carbons (Fsp3) is 0.714. The minimum Gasteiger partial charge on any atom is -0.348 e. The van der Waals surface area contributed by atoms with E-state index in [2.05, 4.69) is 29.7 Å². The van der Waals surface area contributed by atoms with Crippen molar-refractivity contribution in [1.82, 2.24) is 24.8 Å². The van der Waals surface area contributed by atoms with Crippen molar-refractivity contribution in [3.63, 3.8) is 0 Å². The summed E-state index contributed by atoms with van der Waals surface area (Å²) < 4.78 is 0.571. The Kier molecular flexibility index (Phi) is 5.73. The Morgan fingerprint density at radius 3 is 2.43 bits per heavy atom. The van der Waals surface area contributed by atoms with Gasteiger partial charge in [-0.05, 0) is 25.7 Å². The van der Waals surface area contributed by atoms with Crippen LogP contribution in [-0.2, 0) is 4.79 Å². The molecule has 1 amide bonds. The van der Waals surface area contributed by atoms with Crippen LogP contribution in [0.2, 0.25) is 0 Å². The van der Waals surface area contributed by atoms with Gasteiger partial charge in [0.05, 0.1) is 6.33 Å². The Hall–Kier alpha value is -2.00.